The first-order valence-electron chi connectivity index (χ1n) is 7.65. The van der Waals surface area contributed by atoms with Gasteiger partial charge in [-0.1, -0.05) is 19.3 Å². The molecule has 0 atom stereocenters. The first-order valence-corrected chi connectivity index (χ1v) is 7.65. The Morgan fingerprint density at radius 1 is 1.29 bits per heavy atom. The van der Waals surface area contributed by atoms with Gasteiger partial charge in [-0.2, -0.15) is 0 Å². The highest BCUT2D eigenvalue weighted by molar-refractivity contribution is 5.93. The van der Waals surface area contributed by atoms with E-state index in [2.05, 4.69) is 20.6 Å². The lowest BCUT2D eigenvalue weighted by molar-refractivity contribution is 0.0948. The third-order valence-electron chi connectivity index (χ3n) is 3.66. The monoisotopic (exact) mass is 292 g/mol. The molecule has 6 heteroatoms. The van der Waals surface area contributed by atoms with Gasteiger partial charge in [-0.15, -0.1) is 0 Å². The highest BCUT2D eigenvalue weighted by Gasteiger charge is 2.14. The van der Waals surface area contributed by atoms with Crippen molar-refractivity contribution >= 4 is 11.9 Å². The van der Waals surface area contributed by atoms with Crippen molar-refractivity contribution in [2.45, 2.75) is 44.6 Å². The van der Waals surface area contributed by atoms with Crippen LogP contribution in [-0.4, -0.2) is 42.2 Å². The van der Waals surface area contributed by atoms with Crippen molar-refractivity contribution in [2.24, 2.45) is 0 Å². The van der Waals surface area contributed by atoms with Crippen LogP contribution in [0.15, 0.2) is 12.4 Å². The fourth-order valence-corrected chi connectivity index (χ4v) is 2.47. The molecule has 2 rings (SSSR count). The third kappa shape index (κ3) is 5.30. The Morgan fingerprint density at radius 2 is 2.00 bits per heavy atom. The van der Waals surface area contributed by atoms with Crippen molar-refractivity contribution < 1.29 is 9.53 Å². The zero-order valence-corrected chi connectivity index (χ0v) is 12.6. The van der Waals surface area contributed by atoms with Crippen LogP contribution in [0, 0.1) is 0 Å². The molecule has 1 heterocycles. The first-order chi connectivity index (χ1) is 10.3. The van der Waals surface area contributed by atoms with E-state index in [4.69, 9.17) is 4.74 Å². The van der Waals surface area contributed by atoms with Crippen molar-refractivity contribution in [3.8, 4) is 0 Å². The molecule has 0 aliphatic heterocycles. The van der Waals surface area contributed by atoms with E-state index in [-0.39, 0.29) is 5.91 Å². The Hall–Kier alpha value is -1.69. The Kier molecular flexibility index (Phi) is 6.40. The standard InChI is InChI=1S/C15H24N4O2/c1-21-9-5-8-16-14(20)12-10-17-15(18-11-12)19-13-6-3-2-4-7-13/h10-11,13H,2-9H2,1H3,(H,16,20)(H,17,18,19). The zero-order chi connectivity index (χ0) is 14.9. The van der Waals surface area contributed by atoms with E-state index < -0.39 is 0 Å². The summed E-state index contributed by atoms with van der Waals surface area (Å²) in [5, 5.41) is 6.15. The second kappa shape index (κ2) is 8.56. The lowest BCUT2D eigenvalue weighted by Gasteiger charge is -2.22. The molecule has 1 aromatic heterocycles. The number of nitrogens with zero attached hydrogens (tertiary/aromatic N) is 2. The van der Waals surface area contributed by atoms with Crippen molar-refractivity contribution in [1.82, 2.24) is 15.3 Å². The van der Waals surface area contributed by atoms with Gasteiger partial charge in [-0.3, -0.25) is 4.79 Å². The minimum Gasteiger partial charge on any atom is -0.385 e. The minimum absolute atomic E-state index is 0.143. The number of methoxy groups -OCH3 is 1. The van der Waals surface area contributed by atoms with Gasteiger partial charge in [0.05, 0.1) is 5.56 Å². The molecule has 0 aromatic carbocycles. The lowest BCUT2D eigenvalue weighted by atomic mass is 9.96. The predicted octanol–water partition coefficient (Wildman–Crippen LogP) is 1.99. The maximum absolute atomic E-state index is 11.9. The van der Waals surface area contributed by atoms with Crippen LogP contribution in [0.25, 0.3) is 0 Å². The molecule has 1 aliphatic rings. The molecule has 6 nitrogen and oxygen atoms in total. The Balaban J connectivity index is 1.79. The molecule has 21 heavy (non-hydrogen) atoms. The van der Waals surface area contributed by atoms with E-state index in [1.54, 1.807) is 19.5 Å². The normalized spacial score (nSPS) is 15.7. The van der Waals surface area contributed by atoms with E-state index in [0.717, 1.165) is 6.42 Å². The summed E-state index contributed by atoms with van der Waals surface area (Å²) in [6.45, 7) is 1.23. The van der Waals surface area contributed by atoms with Gasteiger partial charge in [0.15, 0.2) is 0 Å². The average molecular weight is 292 g/mol. The largest absolute Gasteiger partial charge is 0.385 e. The number of nitrogens with one attached hydrogen (secondary N) is 2. The number of rotatable bonds is 7. The average Bonchev–Trinajstić information content (AvgIpc) is 2.53. The van der Waals surface area contributed by atoms with Crippen LogP contribution in [0.2, 0.25) is 0 Å². The fraction of sp³-hybridized carbons (Fsp3) is 0.667. The van der Waals surface area contributed by atoms with Crippen molar-refractivity contribution in [2.75, 3.05) is 25.6 Å². The molecule has 1 fully saturated rings. The number of anilines is 1. The molecule has 2 N–H and O–H groups in total. The molecule has 0 spiro atoms. The summed E-state index contributed by atoms with van der Waals surface area (Å²) in [7, 11) is 1.65. The summed E-state index contributed by atoms with van der Waals surface area (Å²) in [5.41, 5.74) is 0.488. The summed E-state index contributed by atoms with van der Waals surface area (Å²) in [4.78, 5) is 20.3. The van der Waals surface area contributed by atoms with E-state index in [0.29, 0.717) is 30.7 Å². The fourth-order valence-electron chi connectivity index (χ4n) is 2.47. The molecular formula is C15H24N4O2. The number of hydrogen-bond donors (Lipinski definition) is 2. The molecule has 0 bridgehead atoms. The second-order valence-electron chi connectivity index (χ2n) is 5.38. The van der Waals surface area contributed by atoms with Crippen molar-refractivity contribution in [1.29, 1.82) is 0 Å². The number of ether oxygens (including phenoxy) is 1. The second-order valence-corrected chi connectivity index (χ2v) is 5.38. The molecular weight excluding hydrogens is 268 g/mol. The van der Waals surface area contributed by atoms with Crippen LogP contribution in [0.4, 0.5) is 5.95 Å². The molecule has 0 unspecified atom stereocenters. The highest BCUT2D eigenvalue weighted by Crippen LogP contribution is 2.19. The first kappa shape index (κ1) is 15.7. The van der Waals surface area contributed by atoms with Gasteiger partial charge in [0.2, 0.25) is 5.95 Å². The molecule has 1 aromatic rings. The summed E-state index contributed by atoms with van der Waals surface area (Å²) >= 11 is 0. The quantitative estimate of drug-likeness (QED) is 0.752. The molecule has 1 aliphatic carbocycles. The van der Waals surface area contributed by atoms with Crippen molar-refractivity contribution in [3.05, 3.63) is 18.0 Å². The number of aromatic nitrogens is 2. The number of carbonyl (C=O) groups is 1. The molecule has 1 saturated carbocycles. The number of carbonyl (C=O) groups excluding carboxylic acids is 1. The van der Waals surface area contributed by atoms with Gasteiger partial charge in [0.1, 0.15) is 0 Å². The zero-order valence-electron chi connectivity index (χ0n) is 12.6. The summed E-state index contributed by atoms with van der Waals surface area (Å²) in [6.07, 6.45) is 10.1. The number of hydrogen-bond acceptors (Lipinski definition) is 5. The Morgan fingerprint density at radius 3 is 2.67 bits per heavy atom. The Labute approximate surface area is 125 Å². The van der Waals surface area contributed by atoms with Crippen molar-refractivity contribution in [3.63, 3.8) is 0 Å². The van der Waals surface area contributed by atoms with Crippen LogP contribution in [0.3, 0.4) is 0 Å². The molecule has 0 saturated heterocycles. The third-order valence-corrected chi connectivity index (χ3v) is 3.66. The molecule has 116 valence electrons. The van der Waals surface area contributed by atoms with Gasteiger partial charge in [-0.25, -0.2) is 9.97 Å². The summed E-state index contributed by atoms with van der Waals surface area (Å²) < 4.78 is 4.93. The van der Waals surface area contributed by atoms with Gasteiger partial charge in [0, 0.05) is 38.7 Å². The smallest absolute Gasteiger partial charge is 0.254 e. The van der Waals surface area contributed by atoms with Gasteiger partial charge >= 0.3 is 0 Å². The van der Waals surface area contributed by atoms with Gasteiger partial charge in [-0.05, 0) is 19.3 Å². The maximum atomic E-state index is 11.9. The predicted molar refractivity (Wildman–Crippen MR) is 81.4 cm³/mol. The Bertz CT molecular complexity index is 430. The van der Waals surface area contributed by atoms with Crippen LogP contribution < -0.4 is 10.6 Å². The topological polar surface area (TPSA) is 76.1 Å². The van der Waals surface area contributed by atoms with Crippen LogP contribution in [0.1, 0.15) is 48.9 Å². The van der Waals surface area contributed by atoms with E-state index in [1.807, 2.05) is 0 Å². The lowest BCUT2D eigenvalue weighted by Crippen LogP contribution is -2.26. The SMILES string of the molecule is COCCCNC(=O)c1cnc(NC2CCCCC2)nc1. The van der Waals surface area contributed by atoms with Crippen LogP contribution in [0.5, 0.6) is 0 Å². The molecule has 0 radical (unpaired) electrons. The van der Waals surface area contributed by atoms with Crippen LogP contribution in [-0.2, 0) is 4.74 Å². The molecule has 1 amide bonds. The van der Waals surface area contributed by atoms with Crippen LogP contribution >= 0.6 is 0 Å². The van der Waals surface area contributed by atoms with E-state index in [9.17, 15) is 4.79 Å². The number of amides is 1. The summed E-state index contributed by atoms with van der Waals surface area (Å²) in [5.74, 6) is 0.466. The maximum Gasteiger partial charge on any atom is 0.254 e. The van der Waals surface area contributed by atoms with E-state index in [1.165, 1.54) is 32.1 Å². The minimum atomic E-state index is -0.143. The summed E-state index contributed by atoms with van der Waals surface area (Å²) in [6, 6.07) is 0.465. The highest BCUT2D eigenvalue weighted by atomic mass is 16.5. The van der Waals surface area contributed by atoms with E-state index >= 15 is 0 Å². The van der Waals surface area contributed by atoms with Gasteiger partial charge in [0.25, 0.3) is 5.91 Å². The van der Waals surface area contributed by atoms with Gasteiger partial charge < -0.3 is 15.4 Å².